The average molecular weight is 248 g/mol. The molecule has 1 aromatic rings. The van der Waals surface area contributed by atoms with Gasteiger partial charge in [-0.15, -0.1) is 0 Å². The van der Waals surface area contributed by atoms with E-state index in [1.54, 1.807) is 30.1 Å². The monoisotopic (exact) mass is 248 g/mol. The fraction of sp³-hybridized carbons (Fsp3) is 0.500. The molecule has 1 fully saturated rings. The topological polar surface area (TPSA) is 66.6 Å². The third kappa shape index (κ3) is 2.20. The summed E-state index contributed by atoms with van der Waals surface area (Å²) in [5, 5.41) is 9.47. The van der Waals surface area contributed by atoms with Crippen molar-refractivity contribution in [1.29, 1.82) is 0 Å². The Morgan fingerprint density at radius 3 is 2.67 bits per heavy atom. The van der Waals surface area contributed by atoms with Crippen molar-refractivity contribution in [1.82, 2.24) is 0 Å². The van der Waals surface area contributed by atoms with E-state index in [-0.39, 0.29) is 11.7 Å². The number of amides is 1. The maximum absolute atomic E-state index is 12.6. The van der Waals surface area contributed by atoms with Crippen molar-refractivity contribution in [3.8, 4) is 5.75 Å². The number of nitrogens with zero attached hydrogens (tertiary/aromatic N) is 1. The molecule has 1 saturated carbocycles. The Hall–Kier alpha value is -1.55. The minimum atomic E-state index is -0.403. The molecule has 1 aromatic carbocycles. The highest BCUT2D eigenvalue weighted by molar-refractivity contribution is 5.97. The zero-order valence-electron chi connectivity index (χ0n) is 10.7. The lowest BCUT2D eigenvalue weighted by molar-refractivity contribution is -0.127. The summed E-state index contributed by atoms with van der Waals surface area (Å²) in [6.45, 7) is 0.398. The molecule has 98 valence electrons. The summed E-state index contributed by atoms with van der Waals surface area (Å²) in [6.07, 6.45) is 3.87. The molecule has 1 amide bonds. The van der Waals surface area contributed by atoms with Crippen molar-refractivity contribution >= 4 is 11.6 Å². The molecule has 0 radical (unpaired) electrons. The standard InChI is InChI=1S/C14H20N2O2/c1-16(11-5-4-6-12(17)9-11)13(18)14(10-15)7-2-3-8-14/h4-6,9,17H,2-3,7-8,10,15H2,1H3. The lowest BCUT2D eigenvalue weighted by Gasteiger charge is -2.31. The van der Waals surface area contributed by atoms with Gasteiger partial charge in [-0.1, -0.05) is 18.9 Å². The molecule has 4 nitrogen and oxygen atoms in total. The van der Waals surface area contributed by atoms with Crippen LogP contribution in [0.25, 0.3) is 0 Å². The van der Waals surface area contributed by atoms with Crippen LogP contribution in [0.2, 0.25) is 0 Å². The van der Waals surface area contributed by atoms with E-state index in [2.05, 4.69) is 0 Å². The lowest BCUT2D eigenvalue weighted by Crippen LogP contribution is -2.45. The molecule has 0 saturated heterocycles. The van der Waals surface area contributed by atoms with E-state index in [1.807, 2.05) is 6.07 Å². The average Bonchev–Trinajstić information content (AvgIpc) is 2.87. The number of carbonyl (C=O) groups is 1. The fourth-order valence-electron chi connectivity index (χ4n) is 2.73. The Kier molecular flexibility index (Phi) is 3.57. The lowest BCUT2D eigenvalue weighted by atomic mass is 9.84. The predicted octanol–water partition coefficient (Wildman–Crippen LogP) is 1.87. The Morgan fingerprint density at radius 1 is 1.44 bits per heavy atom. The number of carbonyl (C=O) groups excluding carboxylic acids is 1. The summed E-state index contributed by atoms with van der Waals surface area (Å²) in [5.74, 6) is 0.230. The summed E-state index contributed by atoms with van der Waals surface area (Å²) < 4.78 is 0. The van der Waals surface area contributed by atoms with E-state index in [1.165, 1.54) is 0 Å². The zero-order chi connectivity index (χ0) is 13.2. The van der Waals surface area contributed by atoms with Gasteiger partial charge in [-0.05, 0) is 25.0 Å². The molecule has 1 aliphatic rings. The number of anilines is 1. The number of rotatable bonds is 3. The van der Waals surface area contributed by atoms with Gasteiger partial charge in [0.1, 0.15) is 5.75 Å². The summed E-state index contributed by atoms with van der Waals surface area (Å²) in [5.41, 5.74) is 6.12. The molecule has 18 heavy (non-hydrogen) atoms. The summed E-state index contributed by atoms with van der Waals surface area (Å²) in [6, 6.07) is 6.74. The first-order valence-electron chi connectivity index (χ1n) is 6.36. The normalized spacial score (nSPS) is 17.7. The van der Waals surface area contributed by atoms with Gasteiger partial charge in [0.25, 0.3) is 0 Å². The van der Waals surface area contributed by atoms with Crippen LogP contribution in [0.1, 0.15) is 25.7 Å². The number of hydrogen-bond donors (Lipinski definition) is 2. The second-order valence-electron chi connectivity index (χ2n) is 5.08. The number of nitrogens with two attached hydrogens (primary N) is 1. The smallest absolute Gasteiger partial charge is 0.234 e. The van der Waals surface area contributed by atoms with Crippen molar-refractivity contribution < 1.29 is 9.90 Å². The molecular weight excluding hydrogens is 228 g/mol. The van der Waals surface area contributed by atoms with Crippen molar-refractivity contribution in [3.63, 3.8) is 0 Å². The van der Waals surface area contributed by atoms with Crippen molar-refractivity contribution in [2.24, 2.45) is 11.1 Å². The molecule has 4 heteroatoms. The predicted molar refractivity (Wildman–Crippen MR) is 71.5 cm³/mol. The first kappa shape index (κ1) is 12.9. The van der Waals surface area contributed by atoms with Gasteiger partial charge < -0.3 is 15.7 Å². The molecule has 0 atom stereocenters. The Morgan fingerprint density at radius 2 is 2.11 bits per heavy atom. The van der Waals surface area contributed by atoms with Gasteiger partial charge in [-0.3, -0.25) is 4.79 Å². The summed E-state index contributed by atoms with van der Waals surface area (Å²) >= 11 is 0. The molecule has 0 bridgehead atoms. The van der Waals surface area contributed by atoms with Crippen LogP contribution in [-0.4, -0.2) is 24.6 Å². The first-order valence-corrected chi connectivity index (χ1v) is 6.36. The van der Waals surface area contributed by atoms with E-state index in [0.29, 0.717) is 12.2 Å². The van der Waals surface area contributed by atoms with E-state index in [9.17, 15) is 9.90 Å². The Bertz CT molecular complexity index is 439. The largest absolute Gasteiger partial charge is 0.508 e. The SMILES string of the molecule is CN(C(=O)C1(CN)CCCC1)c1cccc(O)c1. The second-order valence-corrected chi connectivity index (χ2v) is 5.08. The minimum absolute atomic E-state index is 0.0631. The Balaban J connectivity index is 2.23. The van der Waals surface area contributed by atoms with Crippen LogP contribution >= 0.6 is 0 Å². The number of benzene rings is 1. The van der Waals surface area contributed by atoms with Gasteiger partial charge in [-0.25, -0.2) is 0 Å². The van der Waals surface area contributed by atoms with E-state index in [4.69, 9.17) is 5.73 Å². The van der Waals surface area contributed by atoms with E-state index in [0.717, 1.165) is 25.7 Å². The zero-order valence-corrected chi connectivity index (χ0v) is 10.7. The summed E-state index contributed by atoms with van der Waals surface area (Å²) in [4.78, 5) is 14.2. The van der Waals surface area contributed by atoms with E-state index < -0.39 is 5.41 Å². The molecule has 0 aromatic heterocycles. The fourth-order valence-corrected chi connectivity index (χ4v) is 2.73. The molecule has 0 spiro atoms. The second kappa shape index (κ2) is 4.98. The van der Waals surface area contributed by atoms with Gasteiger partial charge in [-0.2, -0.15) is 0 Å². The van der Waals surface area contributed by atoms with Crippen molar-refractivity contribution in [2.45, 2.75) is 25.7 Å². The molecular formula is C14H20N2O2. The number of phenolic OH excluding ortho intramolecular Hbond substituents is 1. The molecule has 0 heterocycles. The molecule has 2 rings (SSSR count). The number of aromatic hydroxyl groups is 1. The molecule has 0 unspecified atom stereocenters. The third-order valence-electron chi connectivity index (χ3n) is 3.93. The van der Waals surface area contributed by atoms with Crippen LogP contribution in [0.4, 0.5) is 5.69 Å². The highest BCUT2D eigenvalue weighted by Crippen LogP contribution is 2.39. The van der Waals surface area contributed by atoms with Crippen molar-refractivity contribution in [2.75, 3.05) is 18.5 Å². The molecule has 0 aliphatic heterocycles. The highest BCUT2D eigenvalue weighted by atomic mass is 16.3. The van der Waals surface area contributed by atoms with Crippen molar-refractivity contribution in [3.05, 3.63) is 24.3 Å². The summed E-state index contributed by atoms with van der Waals surface area (Å²) in [7, 11) is 1.74. The number of hydrogen-bond acceptors (Lipinski definition) is 3. The van der Waals surface area contributed by atoms with Gasteiger partial charge in [0.2, 0.25) is 5.91 Å². The van der Waals surface area contributed by atoms with Crippen LogP contribution in [0.3, 0.4) is 0 Å². The van der Waals surface area contributed by atoms with Crippen LogP contribution in [-0.2, 0) is 4.79 Å². The minimum Gasteiger partial charge on any atom is -0.508 e. The third-order valence-corrected chi connectivity index (χ3v) is 3.93. The van der Waals surface area contributed by atoms with Crippen LogP contribution in [0.5, 0.6) is 5.75 Å². The highest BCUT2D eigenvalue weighted by Gasteiger charge is 2.41. The molecule has 3 N–H and O–H groups in total. The van der Waals surface area contributed by atoms with Gasteiger partial charge in [0.15, 0.2) is 0 Å². The first-order chi connectivity index (χ1) is 8.59. The maximum atomic E-state index is 12.6. The van der Waals surface area contributed by atoms with Gasteiger partial charge in [0, 0.05) is 25.3 Å². The quantitative estimate of drug-likeness (QED) is 0.858. The van der Waals surface area contributed by atoms with Gasteiger partial charge >= 0.3 is 0 Å². The van der Waals surface area contributed by atoms with Crippen LogP contribution in [0.15, 0.2) is 24.3 Å². The Labute approximate surface area is 107 Å². The van der Waals surface area contributed by atoms with Crippen LogP contribution in [0, 0.1) is 5.41 Å². The maximum Gasteiger partial charge on any atom is 0.234 e. The van der Waals surface area contributed by atoms with E-state index >= 15 is 0 Å². The van der Waals surface area contributed by atoms with Crippen LogP contribution < -0.4 is 10.6 Å². The molecule has 1 aliphatic carbocycles. The van der Waals surface area contributed by atoms with Gasteiger partial charge in [0.05, 0.1) is 5.41 Å². The number of phenols is 1.